The minimum atomic E-state index is -0.764. The summed E-state index contributed by atoms with van der Waals surface area (Å²) in [6, 6.07) is 6.67. The Balaban J connectivity index is 2.18. The van der Waals surface area contributed by atoms with Crippen LogP contribution in [0.4, 0.5) is 10.5 Å². The number of carbonyl (C=O) groups is 2. The van der Waals surface area contributed by atoms with E-state index in [1.165, 1.54) is 6.92 Å². The first-order valence-electron chi connectivity index (χ1n) is 5.66. The quantitative estimate of drug-likeness (QED) is 0.829. The third-order valence-corrected chi connectivity index (χ3v) is 2.73. The molecule has 0 bridgehead atoms. The highest BCUT2D eigenvalue weighted by Crippen LogP contribution is 2.21. The lowest BCUT2D eigenvalue weighted by molar-refractivity contribution is -0.119. The number of amides is 3. The zero-order valence-corrected chi connectivity index (χ0v) is 10.9. The SMILES string of the molecule is CC(Cl)C(=O)NC(=O)Nc1cccc2ccncc12. The first-order valence-corrected chi connectivity index (χ1v) is 6.10. The smallest absolute Gasteiger partial charge is 0.307 e. The second-order valence-corrected chi connectivity index (χ2v) is 4.62. The number of anilines is 1. The number of fused-ring (bicyclic) bond motifs is 1. The summed E-state index contributed by atoms with van der Waals surface area (Å²) >= 11 is 5.57. The molecule has 2 aromatic rings. The predicted molar refractivity (Wildman–Crippen MR) is 74.2 cm³/mol. The number of carbonyl (C=O) groups excluding carboxylic acids is 2. The standard InChI is InChI=1S/C13H12ClN3O2/c1-8(14)12(18)17-13(19)16-11-4-2-3-9-5-6-15-7-10(9)11/h2-8H,1H3,(H2,16,17,18,19). The van der Waals surface area contributed by atoms with Gasteiger partial charge in [-0.15, -0.1) is 11.6 Å². The molecule has 1 unspecified atom stereocenters. The largest absolute Gasteiger partial charge is 0.325 e. The number of nitrogens with zero attached hydrogens (tertiary/aromatic N) is 1. The van der Waals surface area contributed by atoms with E-state index in [0.717, 1.165) is 10.8 Å². The highest BCUT2D eigenvalue weighted by Gasteiger charge is 2.13. The molecule has 0 saturated carbocycles. The molecule has 98 valence electrons. The Kier molecular flexibility index (Phi) is 3.97. The molecule has 1 aromatic carbocycles. The topological polar surface area (TPSA) is 71.1 Å². The van der Waals surface area contributed by atoms with E-state index in [-0.39, 0.29) is 0 Å². The summed E-state index contributed by atoms with van der Waals surface area (Å²) < 4.78 is 0. The second-order valence-electron chi connectivity index (χ2n) is 3.96. The van der Waals surface area contributed by atoms with Crippen molar-refractivity contribution >= 4 is 40.0 Å². The van der Waals surface area contributed by atoms with Crippen molar-refractivity contribution in [2.75, 3.05) is 5.32 Å². The van der Waals surface area contributed by atoms with Gasteiger partial charge >= 0.3 is 6.03 Å². The molecule has 0 aliphatic rings. The summed E-state index contributed by atoms with van der Waals surface area (Å²) in [6.07, 6.45) is 3.32. The molecular formula is C13H12ClN3O2. The molecule has 0 aliphatic carbocycles. The molecule has 0 aliphatic heterocycles. The van der Waals surface area contributed by atoms with Crippen LogP contribution in [0.15, 0.2) is 36.7 Å². The van der Waals surface area contributed by atoms with Crippen molar-refractivity contribution in [3.05, 3.63) is 36.7 Å². The first-order chi connectivity index (χ1) is 9.08. The summed E-state index contributed by atoms with van der Waals surface area (Å²) in [5.41, 5.74) is 0.582. The van der Waals surface area contributed by atoms with Gasteiger partial charge in [0.25, 0.3) is 0 Å². The van der Waals surface area contributed by atoms with Gasteiger partial charge in [0.1, 0.15) is 5.38 Å². The lowest BCUT2D eigenvalue weighted by atomic mass is 10.1. The van der Waals surface area contributed by atoms with Crippen LogP contribution in [0.25, 0.3) is 10.8 Å². The number of alkyl halides is 1. The predicted octanol–water partition coefficient (Wildman–Crippen LogP) is 2.51. The van der Waals surface area contributed by atoms with Crippen molar-refractivity contribution in [3.8, 4) is 0 Å². The number of pyridine rings is 1. The van der Waals surface area contributed by atoms with Crippen molar-refractivity contribution in [2.45, 2.75) is 12.3 Å². The Morgan fingerprint density at radius 1 is 1.32 bits per heavy atom. The summed E-state index contributed by atoms with van der Waals surface area (Å²) in [5, 5.41) is 5.74. The third kappa shape index (κ3) is 3.20. The Morgan fingerprint density at radius 3 is 2.84 bits per heavy atom. The van der Waals surface area contributed by atoms with Gasteiger partial charge in [0.2, 0.25) is 5.91 Å². The summed E-state index contributed by atoms with van der Waals surface area (Å²) in [6.45, 7) is 1.49. The minimum absolute atomic E-state index is 0.544. The maximum absolute atomic E-state index is 11.6. The van der Waals surface area contributed by atoms with E-state index in [4.69, 9.17) is 11.6 Å². The lowest BCUT2D eigenvalue weighted by Crippen LogP contribution is -2.38. The van der Waals surface area contributed by atoms with Crippen molar-refractivity contribution in [1.29, 1.82) is 0 Å². The minimum Gasteiger partial charge on any atom is -0.307 e. The maximum Gasteiger partial charge on any atom is 0.325 e. The normalized spacial score (nSPS) is 11.9. The molecule has 1 heterocycles. The molecule has 5 nitrogen and oxygen atoms in total. The fraction of sp³-hybridized carbons (Fsp3) is 0.154. The Morgan fingerprint density at radius 2 is 2.11 bits per heavy atom. The van der Waals surface area contributed by atoms with Gasteiger partial charge in [-0.1, -0.05) is 12.1 Å². The maximum atomic E-state index is 11.6. The third-order valence-electron chi connectivity index (χ3n) is 2.53. The molecule has 0 spiro atoms. The van der Waals surface area contributed by atoms with Gasteiger partial charge in [0.15, 0.2) is 0 Å². The van der Waals surface area contributed by atoms with E-state index in [2.05, 4.69) is 15.6 Å². The second kappa shape index (κ2) is 5.67. The van der Waals surface area contributed by atoms with Crippen LogP contribution in [0, 0.1) is 0 Å². The molecule has 6 heteroatoms. The highest BCUT2D eigenvalue weighted by molar-refractivity contribution is 6.31. The molecule has 0 saturated heterocycles. The van der Waals surface area contributed by atoms with E-state index in [1.807, 2.05) is 18.2 Å². The zero-order valence-electron chi connectivity index (χ0n) is 10.2. The van der Waals surface area contributed by atoms with Gasteiger partial charge in [-0.2, -0.15) is 0 Å². The number of aromatic nitrogens is 1. The zero-order chi connectivity index (χ0) is 13.8. The van der Waals surface area contributed by atoms with Gasteiger partial charge in [-0.05, 0) is 24.4 Å². The van der Waals surface area contributed by atoms with Crippen molar-refractivity contribution in [1.82, 2.24) is 10.3 Å². The van der Waals surface area contributed by atoms with Crippen molar-refractivity contribution in [3.63, 3.8) is 0 Å². The highest BCUT2D eigenvalue weighted by atomic mass is 35.5. The molecule has 0 fully saturated rings. The van der Waals surface area contributed by atoms with Gasteiger partial charge in [-0.25, -0.2) is 4.79 Å². The van der Waals surface area contributed by atoms with Crippen molar-refractivity contribution < 1.29 is 9.59 Å². The number of hydrogen-bond acceptors (Lipinski definition) is 3. The van der Waals surface area contributed by atoms with Gasteiger partial charge in [-0.3, -0.25) is 15.1 Å². The van der Waals surface area contributed by atoms with Crippen LogP contribution in [-0.2, 0) is 4.79 Å². The molecule has 1 aromatic heterocycles. The van der Waals surface area contributed by atoms with Gasteiger partial charge in [0, 0.05) is 17.8 Å². The average molecular weight is 278 g/mol. The number of hydrogen-bond donors (Lipinski definition) is 2. The molecule has 3 amide bonds. The van der Waals surface area contributed by atoms with E-state index >= 15 is 0 Å². The average Bonchev–Trinajstić information content (AvgIpc) is 2.39. The number of rotatable bonds is 2. The molecule has 1 atom stereocenters. The summed E-state index contributed by atoms with van der Waals surface area (Å²) in [5.74, 6) is -0.544. The number of urea groups is 1. The van der Waals surface area contributed by atoms with E-state index < -0.39 is 17.3 Å². The fourth-order valence-electron chi connectivity index (χ4n) is 1.59. The lowest BCUT2D eigenvalue weighted by Gasteiger charge is -2.09. The summed E-state index contributed by atoms with van der Waals surface area (Å²) in [7, 11) is 0. The Hall–Kier alpha value is -2.14. The molecule has 0 radical (unpaired) electrons. The molecule has 2 rings (SSSR count). The Bertz CT molecular complexity index is 623. The molecule has 19 heavy (non-hydrogen) atoms. The van der Waals surface area contributed by atoms with Crippen LogP contribution in [0.3, 0.4) is 0 Å². The molecular weight excluding hydrogens is 266 g/mol. The first kappa shape index (κ1) is 13.3. The van der Waals surface area contributed by atoms with Crippen LogP contribution >= 0.6 is 11.6 Å². The van der Waals surface area contributed by atoms with Crippen LogP contribution in [-0.4, -0.2) is 22.3 Å². The number of imide groups is 1. The number of halogens is 1. The van der Waals surface area contributed by atoms with Crippen LogP contribution < -0.4 is 10.6 Å². The number of benzene rings is 1. The van der Waals surface area contributed by atoms with Crippen molar-refractivity contribution in [2.24, 2.45) is 0 Å². The number of nitrogens with one attached hydrogen (secondary N) is 2. The van der Waals surface area contributed by atoms with Gasteiger partial charge in [0.05, 0.1) is 5.69 Å². The monoisotopic (exact) mass is 277 g/mol. The van der Waals surface area contributed by atoms with E-state index in [1.54, 1.807) is 18.5 Å². The fourth-order valence-corrected chi connectivity index (χ4v) is 1.64. The summed E-state index contributed by atoms with van der Waals surface area (Å²) in [4.78, 5) is 26.9. The Labute approximate surface area is 115 Å². The van der Waals surface area contributed by atoms with E-state index in [9.17, 15) is 9.59 Å². The van der Waals surface area contributed by atoms with E-state index in [0.29, 0.717) is 5.69 Å². The molecule has 2 N–H and O–H groups in total. The van der Waals surface area contributed by atoms with Crippen LogP contribution in [0.5, 0.6) is 0 Å². The van der Waals surface area contributed by atoms with Crippen LogP contribution in [0.1, 0.15) is 6.92 Å². The van der Waals surface area contributed by atoms with Gasteiger partial charge < -0.3 is 5.32 Å². The van der Waals surface area contributed by atoms with Crippen LogP contribution in [0.2, 0.25) is 0 Å².